The van der Waals surface area contributed by atoms with Crippen molar-refractivity contribution >= 4 is 11.8 Å². The van der Waals surface area contributed by atoms with Crippen molar-refractivity contribution in [2.45, 2.75) is 56.6 Å². The van der Waals surface area contributed by atoms with Crippen LogP contribution in [0.4, 0.5) is 0 Å². The monoisotopic (exact) mass is 358 g/mol. The van der Waals surface area contributed by atoms with Crippen molar-refractivity contribution in [2.24, 2.45) is 17.3 Å². The largest absolute Gasteiger partial charge is 0.472 e. The maximum Gasteiger partial charge on any atom is 0.226 e. The highest BCUT2D eigenvalue weighted by Crippen LogP contribution is 2.67. The molecule has 6 heteroatoms. The van der Waals surface area contributed by atoms with Gasteiger partial charge in [0.1, 0.15) is 0 Å². The van der Waals surface area contributed by atoms with Gasteiger partial charge in [-0.15, -0.1) is 0 Å². The van der Waals surface area contributed by atoms with Crippen molar-refractivity contribution in [3.8, 4) is 0 Å². The normalized spacial score (nSPS) is 36.2. The molecule has 2 heterocycles. The lowest BCUT2D eigenvalue weighted by Gasteiger charge is -2.35. The van der Waals surface area contributed by atoms with E-state index in [2.05, 4.69) is 10.2 Å². The quantitative estimate of drug-likeness (QED) is 0.835. The summed E-state index contributed by atoms with van der Waals surface area (Å²) in [5, 5.41) is 12.6. The summed E-state index contributed by atoms with van der Waals surface area (Å²) in [7, 11) is 0. The lowest BCUT2D eigenvalue weighted by atomic mass is 9.77. The molecular formula is C20H26N2O4. The third-order valence-corrected chi connectivity index (χ3v) is 7.29. The number of amides is 2. The maximum atomic E-state index is 13.0. The molecule has 4 fully saturated rings. The molecule has 0 bridgehead atoms. The van der Waals surface area contributed by atoms with E-state index in [-0.39, 0.29) is 28.9 Å². The van der Waals surface area contributed by atoms with Gasteiger partial charge in [0.25, 0.3) is 0 Å². The van der Waals surface area contributed by atoms with E-state index in [4.69, 9.17) is 4.42 Å². The molecule has 2 amide bonds. The SMILES string of the molecule is O=C(Cc1ccoc1)NCC1CCN(C(=O)C2CC23CC(O)C3)C12CC2. The number of hydrogen-bond donors (Lipinski definition) is 2. The third kappa shape index (κ3) is 2.49. The minimum atomic E-state index is -0.195. The van der Waals surface area contributed by atoms with Crippen molar-refractivity contribution in [2.75, 3.05) is 13.1 Å². The first kappa shape index (κ1) is 16.4. The summed E-state index contributed by atoms with van der Waals surface area (Å²) >= 11 is 0. The first-order valence-electron chi connectivity index (χ1n) is 9.80. The number of likely N-dealkylation sites (tertiary alicyclic amines) is 1. The van der Waals surface area contributed by atoms with E-state index in [9.17, 15) is 14.7 Å². The molecule has 2 spiro atoms. The number of furan rings is 1. The molecule has 2 N–H and O–H groups in total. The van der Waals surface area contributed by atoms with Gasteiger partial charge in [-0.3, -0.25) is 9.59 Å². The summed E-state index contributed by atoms with van der Waals surface area (Å²) in [6.45, 7) is 1.46. The van der Waals surface area contributed by atoms with E-state index in [1.807, 2.05) is 0 Å². The Morgan fingerprint density at radius 1 is 1.31 bits per heavy atom. The summed E-state index contributed by atoms with van der Waals surface area (Å²) in [6.07, 6.45) is 8.98. The maximum absolute atomic E-state index is 13.0. The van der Waals surface area contributed by atoms with Gasteiger partial charge in [-0.25, -0.2) is 0 Å². The summed E-state index contributed by atoms with van der Waals surface area (Å²) in [5.74, 6) is 0.817. The van der Waals surface area contributed by atoms with Crippen LogP contribution in [0.2, 0.25) is 0 Å². The van der Waals surface area contributed by atoms with Gasteiger partial charge in [0.2, 0.25) is 11.8 Å². The molecule has 1 aliphatic heterocycles. The first-order chi connectivity index (χ1) is 12.5. The third-order valence-electron chi connectivity index (χ3n) is 7.29. The Morgan fingerprint density at radius 2 is 2.12 bits per heavy atom. The minimum Gasteiger partial charge on any atom is -0.472 e. The topological polar surface area (TPSA) is 82.8 Å². The Labute approximate surface area is 152 Å². The van der Waals surface area contributed by atoms with Crippen LogP contribution in [-0.2, 0) is 16.0 Å². The lowest BCUT2D eigenvalue weighted by molar-refractivity contribution is -0.136. The van der Waals surface area contributed by atoms with E-state index in [0.717, 1.165) is 50.6 Å². The van der Waals surface area contributed by atoms with E-state index in [1.165, 1.54) is 0 Å². The van der Waals surface area contributed by atoms with E-state index in [0.29, 0.717) is 24.8 Å². The highest BCUT2D eigenvalue weighted by molar-refractivity contribution is 5.84. The smallest absolute Gasteiger partial charge is 0.226 e. The zero-order chi connectivity index (χ0) is 17.9. The van der Waals surface area contributed by atoms with Crippen LogP contribution in [0, 0.1) is 17.3 Å². The van der Waals surface area contributed by atoms with Crippen molar-refractivity contribution in [1.82, 2.24) is 10.2 Å². The molecule has 6 nitrogen and oxygen atoms in total. The molecule has 2 atom stereocenters. The summed E-state index contributed by atoms with van der Waals surface area (Å²) in [4.78, 5) is 27.3. The fourth-order valence-corrected chi connectivity index (χ4v) is 5.52. The second-order valence-corrected chi connectivity index (χ2v) is 8.87. The Balaban J connectivity index is 1.17. The summed E-state index contributed by atoms with van der Waals surface area (Å²) in [5.41, 5.74) is 1.00. The number of aliphatic hydroxyl groups is 1. The Bertz CT molecular complexity index is 718. The van der Waals surface area contributed by atoms with Crippen molar-refractivity contribution in [3.05, 3.63) is 24.2 Å². The van der Waals surface area contributed by atoms with Crippen molar-refractivity contribution < 1.29 is 19.1 Å². The number of carbonyl (C=O) groups is 2. The van der Waals surface area contributed by atoms with Gasteiger partial charge in [0.05, 0.1) is 25.1 Å². The van der Waals surface area contributed by atoms with Gasteiger partial charge in [-0.2, -0.15) is 0 Å². The summed E-state index contributed by atoms with van der Waals surface area (Å²) in [6, 6.07) is 1.81. The average molecular weight is 358 g/mol. The first-order valence-corrected chi connectivity index (χ1v) is 9.80. The number of hydrogen-bond acceptors (Lipinski definition) is 4. The van der Waals surface area contributed by atoms with Crippen LogP contribution in [0.3, 0.4) is 0 Å². The molecular weight excluding hydrogens is 332 g/mol. The van der Waals surface area contributed by atoms with Crippen LogP contribution in [0.1, 0.15) is 44.1 Å². The van der Waals surface area contributed by atoms with Gasteiger partial charge >= 0.3 is 0 Å². The molecule has 2 unspecified atom stereocenters. The molecule has 3 saturated carbocycles. The van der Waals surface area contributed by atoms with Crippen LogP contribution in [-0.4, -0.2) is 46.6 Å². The predicted octanol–water partition coefficient (Wildman–Crippen LogP) is 1.48. The van der Waals surface area contributed by atoms with Gasteiger partial charge in [-0.05, 0) is 55.6 Å². The van der Waals surface area contributed by atoms with Gasteiger partial charge in [0, 0.05) is 30.5 Å². The molecule has 0 aromatic carbocycles. The van der Waals surface area contributed by atoms with Crippen LogP contribution >= 0.6 is 0 Å². The Hall–Kier alpha value is -1.82. The number of aliphatic hydroxyl groups excluding tert-OH is 1. The molecule has 5 rings (SSSR count). The van der Waals surface area contributed by atoms with Gasteiger partial charge in [-0.1, -0.05) is 0 Å². The molecule has 1 aromatic rings. The molecule has 0 radical (unpaired) electrons. The molecule has 3 aliphatic carbocycles. The van der Waals surface area contributed by atoms with Crippen LogP contribution < -0.4 is 5.32 Å². The number of nitrogens with one attached hydrogen (secondary N) is 1. The molecule has 4 aliphatic rings. The highest BCUT2D eigenvalue weighted by atomic mass is 16.3. The number of rotatable bonds is 5. The lowest BCUT2D eigenvalue weighted by Crippen LogP contribution is -2.45. The van der Waals surface area contributed by atoms with Crippen molar-refractivity contribution in [3.63, 3.8) is 0 Å². The van der Waals surface area contributed by atoms with Crippen molar-refractivity contribution in [1.29, 1.82) is 0 Å². The fourth-order valence-electron chi connectivity index (χ4n) is 5.52. The number of carbonyl (C=O) groups excluding carboxylic acids is 2. The molecule has 140 valence electrons. The second kappa shape index (κ2) is 5.59. The Kier molecular flexibility index (Phi) is 3.52. The van der Waals surface area contributed by atoms with E-state index in [1.54, 1.807) is 18.6 Å². The fraction of sp³-hybridized carbons (Fsp3) is 0.700. The highest BCUT2D eigenvalue weighted by Gasteiger charge is 2.68. The van der Waals surface area contributed by atoms with E-state index >= 15 is 0 Å². The van der Waals surface area contributed by atoms with Crippen LogP contribution in [0.15, 0.2) is 23.0 Å². The average Bonchev–Trinajstić information content (AvgIpc) is 3.41. The number of nitrogens with zero attached hydrogens (tertiary/aromatic N) is 1. The standard InChI is InChI=1S/C20H26N2O4/c23-15-8-19(9-15)10-16(19)18(25)22-5-1-14(20(22)3-4-20)11-21-17(24)7-13-2-6-26-12-13/h2,6,12,14-16,23H,1,3-5,7-11H2,(H,21,24). The minimum absolute atomic E-state index is 0.00779. The predicted molar refractivity (Wildman–Crippen MR) is 93.0 cm³/mol. The molecule has 26 heavy (non-hydrogen) atoms. The zero-order valence-corrected chi connectivity index (χ0v) is 14.9. The zero-order valence-electron chi connectivity index (χ0n) is 14.9. The molecule has 1 aromatic heterocycles. The van der Waals surface area contributed by atoms with Crippen LogP contribution in [0.5, 0.6) is 0 Å². The van der Waals surface area contributed by atoms with Gasteiger partial charge in [0.15, 0.2) is 0 Å². The molecule has 1 saturated heterocycles. The summed E-state index contributed by atoms with van der Waals surface area (Å²) < 4.78 is 5.00. The van der Waals surface area contributed by atoms with E-state index < -0.39 is 0 Å². The second-order valence-electron chi connectivity index (χ2n) is 8.87. The van der Waals surface area contributed by atoms with Crippen LogP contribution in [0.25, 0.3) is 0 Å². The van der Waals surface area contributed by atoms with Gasteiger partial charge < -0.3 is 19.7 Å². The Morgan fingerprint density at radius 3 is 2.77 bits per heavy atom.